The van der Waals surface area contributed by atoms with Gasteiger partial charge in [-0.3, -0.25) is 4.79 Å². The number of amides is 1. The first kappa shape index (κ1) is 16.5. The lowest BCUT2D eigenvalue weighted by Crippen LogP contribution is -2.40. The third kappa shape index (κ3) is 3.67. The van der Waals surface area contributed by atoms with Gasteiger partial charge in [0.2, 0.25) is 5.91 Å². The van der Waals surface area contributed by atoms with Crippen molar-refractivity contribution in [1.82, 2.24) is 5.32 Å². The molecule has 2 aromatic rings. The number of para-hydroxylation sites is 3. The van der Waals surface area contributed by atoms with Crippen LogP contribution in [0.15, 0.2) is 48.5 Å². The van der Waals surface area contributed by atoms with Gasteiger partial charge in [0.05, 0.1) is 11.4 Å². The van der Waals surface area contributed by atoms with Crippen molar-refractivity contribution < 1.29 is 4.79 Å². The number of carbonyl (C=O) groups excluding carboxylic acids is 1. The first-order valence-electron chi connectivity index (χ1n) is 8.87. The van der Waals surface area contributed by atoms with Crippen LogP contribution < -0.4 is 15.5 Å². The summed E-state index contributed by atoms with van der Waals surface area (Å²) in [7, 11) is 0. The Morgan fingerprint density at radius 2 is 1.96 bits per heavy atom. The third-order valence-corrected chi connectivity index (χ3v) is 5.92. The second kappa shape index (κ2) is 7.50. The van der Waals surface area contributed by atoms with E-state index in [4.69, 9.17) is 0 Å². The maximum atomic E-state index is 12.5. The molecule has 2 aliphatic rings. The third-order valence-electron chi connectivity index (χ3n) is 4.79. The largest absolute Gasteiger partial charge is 0.339 e. The van der Waals surface area contributed by atoms with E-state index in [9.17, 15) is 4.79 Å². The molecule has 25 heavy (non-hydrogen) atoms. The molecule has 2 heterocycles. The van der Waals surface area contributed by atoms with E-state index in [1.165, 1.54) is 11.3 Å². The predicted molar refractivity (Wildman–Crippen MR) is 106 cm³/mol. The fourth-order valence-electron chi connectivity index (χ4n) is 3.58. The molecule has 0 radical (unpaired) electrons. The molecule has 0 spiro atoms. The van der Waals surface area contributed by atoms with Gasteiger partial charge >= 0.3 is 0 Å². The minimum atomic E-state index is 0.0833. The van der Waals surface area contributed by atoms with Crippen molar-refractivity contribution in [3.05, 3.63) is 54.1 Å². The molecule has 1 atom stereocenters. The van der Waals surface area contributed by atoms with Gasteiger partial charge in [0, 0.05) is 42.7 Å². The average Bonchev–Trinajstić information content (AvgIpc) is 3.07. The molecule has 4 rings (SSSR count). The fraction of sp³-hybridized carbons (Fsp3) is 0.350. The Bertz CT molecular complexity index is 758. The molecular formula is C20H23N3OS. The van der Waals surface area contributed by atoms with Crippen molar-refractivity contribution in [2.75, 3.05) is 34.8 Å². The second-order valence-electron chi connectivity index (χ2n) is 6.53. The van der Waals surface area contributed by atoms with Crippen LogP contribution in [0.3, 0.4) is 0 Å². The van der Waals surface area contributed by atoms with Crippen LogP contribution in [-0.2, 0) is 11.2 Å². The summed E-state index contributed by atoms with van der Waals surface area (Å²) < 4.78 is 0. The maximum absolute atomic E-state index is 12.5. The van der Waals surface area contributed by atoms with Gasteiger partial charge in [-0.25, -0.2) is 0 Å². The number of carbonyl (C=O) groups is 1. The smallest absolute Gasteiger partial charge is 0.226 e. The van der Waals surface area contributed by atoms with E-state index in [1.807, 2.05) is 30.0 Å². The molecular weight excluding hydrogens is 330 g/mol. The van der Waals surface area contributed by atoms with E-state index in [0.29, 0.717) is 6.42 Å². The quantitative estimate of drug-likeness (QED) is 0.884. The van der Waals surface area contributed by atoms with Crippen molar-refractivity contribution in [1.29, 1.82) is 0 Å². The Morgan fingerprint density at radius 3 is 2.80 bits per heavy atom. The zero-order valence-electron chi connectivity index (χ0n) is 14.2. The van der Waals surface area contributed by atoms with Gasteiger partial charge in [-0.05, 0) is 30.2 Å². The molecule has 0 bridgehead atoms. The minimum absolute atomic E-state index is 0.0833. The molecule has 0 aliphatic carbocycles. The lowest BCUT2D eigenvalue weighted by atomic mass is 10.1. The van der Waals surface area contributed by atoms with Gasteiger partial charge in [-0.15, -0.1) is 0 Å². The number of fused-ring (bicyclic) bond motifs is 1. The molecule has 1 saturated heterocycles. The van der Waals surface area contributed by atoms with Crippen molar-refractivity contribution in [3.63, 3.8) is 0 Å². The predicted octanol–water partition coefficient (Wildman–Crippen LogP) is 3.41. The molecule has 1 amide bonds. The van der Waals surface area contributed by atoms with Gasteiger partial charge < -0.3 is 15.5 Å². The number of nitrogens with zero attached hydrogens (tertiary/aromatic N) is 1. The molecule has 5 heteroatoms. The SMILES string of the molecule is O=C(CC1CSCCN1)Nc1ccccc1N1CCc2ccccc21. The van der Waals surface area contributed by atoms with Crippen LogP contribution in [0.4, 0.5) is 17.1 Å². The van der Waals surface area contributed by atoms with E-state index in [2.05, 4.69) is 45.9 Å². The van der Waals surface area contributed by atoms with Crippen molar-refractivity contribution in [3.8, 4) is 0 Å². The Balaban J connectivity index is 1.51. The van der Waals surface area contributed by atoms with E-state index < -0.39 is 0 Å². The maximum Gasteiger partial charge on any atom is 0.226 e. The average molecular weight is 353 g/mol. The summed E-state index contributed by atoms with van der Waals surface area (Å²) in [6, 6.07) is 16.9. The van der Waals surface area contributed by atoms with E-state index in [0.717, 1.165) is 42.4 Å². The normalized spacial score (nSPS) is 19.5. The van der Waals surface area contributed by atoms with Crippen LogP contribution in [0, 0.1) is 0 Å². The second-order valence-corrected chi connectivity index (χ2v) is 7.68. The molecule has 1 fully saturated rings. The van der Waals surface area contributed by atoms with Gasteiger partial charge in [-0.1, -0.05) is 30.3 Å². The van der Waals surface area contributed by atoms with Crippen LogP contribution in [0.25, 0.3) is 0 Å². The zero-order valence-corrected chi connectivity index (χ0v) is 15.0. The standard InChI is InChI=1S/C20H23N3OS/c24-20(13-16-14-25-12-10-21-16)22-17-6-2-4-8-19(17)23-11-9-15-5-1-3-7-18(15)23/h1-8,16,21H,9-14H2,(H,22,24). The number of hydrogen-bond donors (Lipinski definition) is 2. The van der Waals surface area contributed by atoms with Crippen LogP contribution in [0.1, 0.15) is 12.0 Å². The van der Waals surface area contributed by atoms with Gasteiger partial charge in [0.15, 0.2) is 0 Å². The molecule has 0 saturated carbocycles. The van der Waals surface area contributed by atoms with Crippen LogP contribution in [-0.4, -0.2) is 36.5 Å². The van der Waals surface area contributed by atoms with Crippen LogP contribution >= 0.6 is 11.8 Å². The van der Waals surface area contributed by atoms with Crippen LogP contribution in [0.5, 0.6) is 0 Å². The Hall–Kier alpha value is -1.98. The molecule has 0 aromatic heterocycles. The molecule has 4 nitrogen and oxygen atoms in total. The first-order chi connectivity index (χ1) is 12.3. The van der Waals surface area contributed by atoms with Crippen molar-refractivity contribution >= 4 is 34.7 Å². The zero-order chi connectivity index (χ0) is 17.1. The number of benzene rings is 2. The summed E-state index contributed by atoms with van der Waals surface area (Å²) in [6.45, 7) is 1.94. The number of nitrogens with one attached hydrogen (secondary N) is 2. The van der Waals surface area contributed by atoms with Gasteiger partial charge in [-0.2, -0.15) is 11.8 Å². The summed E-state index contributed by atoms with van der Waals surface area (Å²) in [5.41, 5.74) is 4.58. The Kier molecular flexibility index (Phi) is 4.95. The van der Waals surface area contributed by atoms with Crippen molar-refractivity contribution in [2.24, 2.45) is 0 Å². The fourth-order valence-corrected chi connectivity index (χ4v) is 4.53. The highest BCUT2D eigenvalue weighted by molar-refractivity contribution is 7.99. The summed E-state index contributed by atoms with van der Waals surface area (Å²) >= 11 is 1.92. The Morgan fingerprint density at radius 1 is 1.16 bits per heavy atom. The molecule has 2 N–H and O–H groups in total. The highest BCUT2D eigenvalue weighted by atomic mass is 32.2. The molecule has 130 valence electrons. The summed E-state index contributed by atoms with van der Waals surface area (Å²) in [5.74, 6) is 2.23. The summed E-state index contributed by atoms with van der Waals surface area (Å²) in [5, 5.41) is 6.56. The van der Waals surface area contributed by atoms with Gasteiger partial charge in [0.25, 0.3) is 0 Å². The molecule has 1 unspecified atom stereocenters. The van der Waals surface area contributed by atoms with Crippen LogP contribution in [0.2, 0.25) is 0 Å². The first-order valence-corrected chi connectivity index (χ1v) is 10.0. The van der Waals surface area contributed by atoms with E-state index >= 15 is 0 Å². The minimum Gasteiger partial charge on any atom is -0.339 e. The lowest BCUT2D eigenvalue weighted by molar-refractivity contribution is -0.116. The summed E-state index contributed by atoms with van der Waals surface area (Å²) in [6.07, 6.45) is 1.57. The lowest BCUT2D eigenvalue weighted by Gasteiger charge is -2.25. The summed E-state index contributed by atoms with van der Waals surface area (Å²) in [4.78, 5) is 14.8. The number of anilines is 3. The van der Waals surface area contributed by atoms with Gasteiger partial charge in [0.1, 0.15) is 0 Å². The highest BCUT2D eigenvalue weighted by Crippen LogP contribution is 2.38. The topological polar surface area (TPSA) is 44.4 Å². The number of rotatable bonds is 4. The van der Waals surface area contributed by atoms with Crippen molar-refractivity contribution in [2.45, 2.75) is 18.9 Å². The molecule has 2 aliphatic heterocycles. The Labute approximate surface area is 153 Å². The highest BCUT2D eigenvalue weighted by Gasteiger charge is 2.23. The number of thioether (sulfide) groups is 1. The monoisotopic (exact) mass is 353 g/mol. The van der Waals surface area contributed by atoms with E-state index in [1.54, 1.807) is 0 Å². The van der Waals surface area contributed by atoms with E-state index in [-0.39, 0.29) is 11.9 Å². The molecule has 2 aromatic carbocycles. The number of hydrogen-bond acceptors (Lipinski definition) is 4.